The van der Waals surface area contributed by atoms with Gasteiger partial charge in [-0.15, -0.1) is 0 Å². The molecule has 0 amide bonds. The van der Waals surface area contributed by atoms with Crippen molar-refractivity contribution in [1.82, 2.24) is 0 Å². The zero-order valence-electron chi connectivity index (χ0n) is 24.4. The maximum absolute atomic E-state index is 14.1. The summed E-state index contributed by atoms with van der Waals surface area (Å²) in [5.74, 6) is 0.380. The standard InChI is InChI=1S/C15H20FNO.C8H13F3O.C5H10.C2H6/c1-4-11(3)17-14-10(2)8-12(9-13(14)16)15(18)6-5-7-15;1-4-6(12)5-7(2,3)8(9,10)11;1-5-3-2-4-5;1-2/h8-9,18H,4-7H2,1-3H3;4-5H2,1-3H3;5H,2-4H2,1H3;1-2H3. The number of halogens is 4. The lowest BCUT2D eigenvalue weighted by Crippen LogP contribution is -2.34. The number of carbonyl (C=O) groups excluding carboxylic acids is 1. The Hall–Kier alpha value is -1.76. The highest BCUT2D eigenvalue weighted by Gasteiger charge is 2.47. The van der Waals surface area contributed by atoms with Crippen molar-refractivity contribution in [3.8, 4) is 0 Å². The number of hydrogen-bond acceptors (Lipinski definition) is 3. The third-order valence-electron chi connectivity index (χ3n) is 6.98. The van der Waals surface area contributed by atoms with Gasteiger partial charge in [0.25, 0.3) is 0 Å². The Morgan fingerprint density at radius 2 is 1.59 bits per heavy atom. The number of rotatable bonds is 6. The fourth-order valence-electron chi connectivity index (χ4n) is 3.55. The van der Waals surface area contributed by atoms with Crippen LogP contribution in [0.4, 0.5) is 23.2 Å². The third kappa shape index (κ3) is 11.3. The number of aliphatic imine (C=N–C) groups is 1. The molecule has 2 aliphatic carbocycles. The normalized spacial score (nSPS) is 17.0. The summed E-state index contributed by atoms with van der Waals surface area (Å²) in [7, 11) is 0. The first-order chi connectivity index (χ1) is 17.1. The van der Waals surface area contributed by atoms with Crippen LogP contribution in [0, 0.1) is 24.1 Å². The molecule has 7 heteroatoms. The Balaban J connectivity index is 0.000000585. The van der Waals surface area contributed by atoms with Crippen LogP contribution >= 0.6 is 0 Å². The van der Waals surface area contributed by atoms with E-state index in [2.05, 4.69) is 11.9 Å². The molecule has 2 aliphatic rings. The maximum atomic E-state index is 14.1. The number of carbonyl (C=O) groups is 1. The van der Waals surface area contributed by atoms with Gasteiger partial charge >= 0.3 is 6.18 Å². The monoisotopic (exact) mass is 531 g/mol. The van der Waals surface area contributed by atoms with E-state index in [4.69, 9.17) is 0 Å². The first-order valence-corrected chi connectivity index (χ1v) is 13.7. The second kappa shape index (κ2) is 15.6. The van der Waals surface area contributed by atoms with E-state index in [1.54, 1.807) is 6.92 Å². The predicted octanol–water partition coefficient (Wildman–Crippen LogP) is 9.78. The van der Waals surface area contributed by atoms with E-state index >= 15 is 0 Å². The number of aliphatic hydroxyl groups is 1. The van der Waals surface area contributed by atoms with Crippen molar-refractivity contribution in [2.75, 3.05) is 0 Å². The maximum Gasteiger partial charge on any atom is 0.394 e. The quantitative estimate of drug-likeness (QED) is 0.293. The lowest BCUT2D eigenvalue weighted by atomic mass is 9.75. The number of Topliss-reactive ketones (excluding diaryl/α,β-unsaturated/α-hetero) is 1. The summed E-state index contributed by atoms with van der Waals surface area (Å²) in [6.45, 7) is 15.7. The Labute approximate surface area is 222 Å². The van der Waals surface area contributed by atoms with Crippen LogP contribution in [0.15, 0.2) is 17.1 Å². The average molecular weight is 532 g/mol. The van der Waals surface area contributed by atoms with Crippen LogP contribution in [0.2, 0.25) is 0 Å². The smallest absolute Gasteiger partial charge is 0.385 e. The highest BCUT2D eigenvalue weighted by atomic mass is 19.4. The molecule has 0 aromatic heterocycles. The topological polar surface area (TPSA) is 49.7 Å². The molecule has 1 aromatic rings. The molecule has 0 heterocycles. The van der Waals surface area contributed by atoms with E-state index in [1.807, 2.05) is 40.7 Å². The van der Waals surface area contributed by atoms with Crippen molar-refractivity contribution >= 4 is 17.2 Å². The highest BCUT2D eigenvalue weighted by molar-refractivity contribution is 5.84. The molecule has 0 aliphatic heterocycles. The molecule has 0 atom stereocenters. The lowest BCUT2D eigenvalue weighted by Gasteiger charge is -2.37. The molecule has 0 unspecified atom stereocenters. The van der Waals surface area contributed by atoms with Crippen LogP contribution in [0.3, 0.4) is 0 Å². The zero-order valence-corrected chi connectivity index (χ0v) is 24.4. The van der Waals surface area contributed by atoms with Gasteiger partial charge in [-0.2, -0.15) is 13.2 Å². The molecule has 1 N–H and O–H groups in total. The van der Waals surface area contributed by atoms with Gasteiger partial charge < -0.3 is 5.11 Å². The summed E-state index contributed by atoms with van der Waals surface area (Å²) < 4.78 is 50.6. The molecule has 0 spiro atoms. The molecule has 0 bridgehead atoms. The Kier molecular flexibility index (Phi) is 14.9. The lowest BCUT2D eigenvalue weighted by molar-refractivity contribution is -0.213. The van der Waals surface area contributed by atoms with Crippen molar-refractivity contribution in [3.63, 3.8) is 0 Å². The van der Waals surface area contributed by atoms with E-state index in [1.165, 1.54) is 25.3 Å². The minimum atomic E-state index is -4.29. The number of hydrogen-bond donors (Lipinski definition) is 1. The summed E-state index contributed by atoms with van der Waals surface area (Å²) >= 11 is 0. The third-order valence-corrected chi connectivity index (χ3v) is 6.98. The number of alkyl halides is 3. The van der Waals surface area contributed by atoms with Crippen molar-refractivity contribution in [1.29, 1.82) is 0 Å². The van der Waals surface area contributed by atoms with Gasteiger partial charge in [0, 0.05) is 18.6 Å². The minimum Gasteiger partial charge on any atom is -0.385 e. The number of nitrogens with zero attached hydrogens (tertiary/aromatic N) is 1. The Morgan fingerprint density at radius 3 is 1.89 bits per heavy atom. The number of benzene rings is 1. The van der Waals surface area contributed by atoms with Crippen molar-refractivity contribution in [2.24, 2.45) is 16.3 Å². The second-order valence-corrected chi connectivity index (χ2v) is 10.7. The molecule has 2 fully saturated rings. The van der Waals surface area contributed by atoms with Gasteiger partial charge in [-0.25, -0.2) is 4.39 Å². The van der Waals surface area contributed by atoms with E-state index in [-0.39, 0.29) is 18.0 Å². The SMILES string of the molecule is CC.CC1CCC1.CCC(=O)CC(C)(C)C(F)(F)F.CCC(C)=Nc1c(C)cc(C2(O)CCC2)cc1F. The van der Waals surface area contributed by atoms with Crippen LogP contribution in [0.5, 0.6) is 0 Å². The van der Waals surface area contributed by atoms with Gasteiger partial charge in [0.15, 0.2) is 0 Å². The molecule has 0 saturated heterocycles. The van der Waals surface area contributed by atoms with E-state index < -0.39 is 23.6 Å². The van der Waals surface area contributed by atoms with Gasteiger partial charge in [-0.3, -0.25) is 9.79 Å². The van der Waals surface area contributed by atoms with Gasteiger partial charge in [0.1, 0.15) is 17.3 Å². The first kappa shape index (κ1) is 35.2. The summed E-state index contributed by atoms with van der Waals surface area (Å²) in [5, 5.41) is 10.2. The summed E-state index contributed by atoms with van der Waals surface area (Å²) in [5.41, 5.74) is 0.0939. The van der Waals surface area contributed by atoms with Gasteiger partial charge in [-0.05, 0) is 62.6 Å². The van der Waals surface area contributed by atoms with Crippen LogP contribution in [-0.2, 0) is 10.4 Å². The summed E-state index contributed by atoms with van der Waals surface area (Å²) in [6, 6.07) is 3.30. The summed E-state index contributed by atoms with van der Waals surface area (Å²) in [4.78, 5) is 15.1. The fraction of sp³-hybridized carbons (Fsp3) is 0.733. The van der Waals surface area contributed by atoms with Crippen LogP contribution in [0.1, 0.15) is 124 Å². The predicted molar refractivity (Wildman–Crippen MR) is 146 cm³/mol. The highest BCUT2D eigenvalue weighted by Crippen LogP contribution is 2.43. The molecule has 1 aromatic carbocycles. The van der Waals surface area contributed by atoms with Gasteiger partial charge in [0.05, 0.1) is 11.0 Å². The largest absolute Gasteiger partial charge is 0.394 e. The number of aryl methyl sites for hydroxylation is 1. The van der Waals surface area contributed by atoms with Crippen molar-refractivity contribution in [3.05, 3.63) is 29.1 Å². The van der Waals surface area contributed by atoms with Gasteiger partial charge in [-0.1, -0.05) is 73.8 Å². The summed E-state index contributed by atoms with van der Waals surface area (Å²) in [6.07, 6.45) is 3.17. The minimum absolute atomic E-state index is 0.166. The van der Waals surface area contributed by atoms with Crippen LogP contribution in [0.25, 0.3) is 0 Å². The molecule has 214 valence electrons. The molecule has 37 heavy (non-hydrogen) atoms. The fourth-order valence-corrected chi connectivity index (χ4v) is 3.55. The van der Waals surface area contributed by atoms with Crippen LogP contribution in [-0.4, -0.2) is 22.8 Å². The van der Waals surface area contributed by atoms with E-state index in [0.717, 1.165) is 56.7 Å². The molecule has 0 radical (unpaired) electrons. The first-order valence-electron chi connectivity index (χ1n) is 13.7. The van der Waals surface area contributed by atoms with Crippen LogP contribution < -0.4 is 0 Å². The molecule has 3 nitrogen and oxygen atoms in total. The van der Waals surface area contributed by atoms with Crippen molar-refractivity contribution < 1.29 is 27.5 Å². The zero-order chi connectivity index (χ0) is 29.0. The molecule has 3 rings (SSSR count). The van der Waals surface area contributed by atoms with E-state index in [0.29, 0.717) is 11.3 Å². The molecule has 2 saturated carbocycles. The Bertz CT molecular complexity index is 844. The average Bonchev–Trinajstić information content (AvgIpc) is 2.79. The Morgan fingerprint density at radius 1 is 1.08 bits per heavy atom. The van der Waals surface area contributed by atoms with E-state index in [9.17, 15) is 27.5 Å². The van der Waals surface area contributed by atoms with Gasteiger partial charge in [0.2, 0.25) is 0 Å². The molecular formula is C30H49F4NO2. The molecular weight excluding hydrogens is 482 g/mol. The van der Waals surface area contributed by atoms with Crippen molar-refractivity contribution in [2.45, 2.75) is 132 Å². The second-order valence-electron chi connectivity index (χ2n) is 10.7. The number of ketones is 1.